The fourth-order valence-electron chi connectivity index (χ4n) is 1.38. The molecule has 0 saturated carbocycles. The predicted molar refractivity (Wildman–Crippen MR) is 67.5 cm³/mol. The van der Waals surface area contributed by atoms with Gasteiger partial charge < -0.3 is 4.98 Å². The van der Waals surface area contributed by atoms with Crippen molar-refractivity contribution in [1.29, 1.82) is 0 Å². The molecule has 0 spiro atoms. The quantitative estimate of drug-likeness (QED) is 0.783. The Bertz CT molecular complexity index is 572. The third-order valence-corrected chi connectivity index (χ3v) is 2.78. The molecule has 1 aromatic carbocycles. The van der Waals surface area contributed by atoms with E-state index in [0.29, 0.717) is 15.6 Å². The molecule has 0 radical (unpaired) electrons. The Balaban J connectivity index is 2.62. The molecule has 0 saturated heterocycles. The van der Waals surface area contributed by atoms with Gasteiger partial charge in [0.1, 0.15) is 5.15 Å². The number of hydrogen-bond acceptors (Lipinski definition) is 1. The van der Waals surface area contributed by atoms with Gasteiger partial charge in [-0.3, -0.25) is 4.79 Å². The molecule has 82 valence electrons. The van der Waals surface area contributed by atoms with Gasteiger partial charge in [-0.25, -0.2) is 0 Å². The van der Waals surface area contributed by atoms with Crippen LogP contribution < -0.4 is 5.56 Å². The molecule has 0 unspecified atom stereocenters. The SMILES string of the molecule is O=c1ccc(-c2cc(Cl)cc(Cl)c2)c(Cl)[nH]1. The second-order valence-corrected chi connectivity index (χ2v) is 4.46. The van der Waals surface area contributed by atoms with E-state index in [1.54, 1.807) is 24.3 Å². The van der Waals surface area contributed by atoms with E-state index >= 15 is 0 Å². The van der Waals surface area contributed by atoms with Crippen LogP contribution in [0.1, 0.15) is 0 Å². The number of halogens is 3. The first-order valence-corrected chi connectivity index (χ1v) is 5.55. The van der Waals surface area contributed by atoms with E-state index in [2.05, 4.69) is 4.98 Å². The van der Waals surface area contributed by atoms with E-state index in [9.17, 15) is 4.79 Å². The molecule has 0 bridgehead atoms. The molecule has 1 N–H and O–H groups in total. The molecule has 0 fully saturated rings. The summed E-state index contributed by atoms with van der Waals surface area (Å²) >= 11 is 17.7. The Morgan fingerprint density at radius 3 is 2.12 bits per heavy atom. The number of benzene rings is 1. The third-order valence-electron chi connectivity index (χ3n) is 2.04. The monoisotopic (exact) mass is 273 g/mol. The lowest BCUT2D eigenvalue weighted by atomic mass is 10.1. The van der Waals surface area contributed by atoms with Crippen LogP contribution in [-0.2, 0) is 0 Å². The minimum absolute atomic E-state index is 0.248. The van der Waals surface area contributed by atoms with Crippen molar-refractivity contribution < 1.29 is 0 Å². The Morgan fingerprint density at radius 1 is 0.938 bits per heavy atom. The lowest BCUT2D eigenvalue weighted by Gasteiger charge is -2.05. The summed E-state index contributed by atoms with van der Waals surface area (Å²) in [4.78, 5) is 13.5. The highest BCUT2D eigenvalue weighted by atomic mass is 35.5. The van der Waals surface area contributed by atoms with Crippen LogP contribution in [0.4, 0.5) is 0 Å². The number of nitrogens with one attached hydrogen (secondary N) is 1. The van der Waals surface area contributed by atoms with Crippen LogP contribution >= 0.6 is 34.8 Å². The first-order chi connectivity index (χ1) is 7.56. The molecule has 1 aromatic heterocycles. The van der Waals surface area contributed by atoms with Crippen molar-refractivity contribution in [2.75, 3.05) is 0 Å². The molecule has 2 nitrogen and oxygen atoms in total. The Morgan fingerprint density at radius 2 is 1.56 bits per heavy atom. The fraction of sp³-hybridized carbons (Fsp3) is 0. The van der Waals surface area contributed by atoms with Crippen LogP contribution in [0.25, 0.3) is 11.1 Å². The average molecular weight is 275 g/mol. The van der Waals surface area contributed by atoms with Crippen molar-refractivity contribution in [1.82, 2.24) is 4.98 Å². The minimum atomic E-state index is -0.248. The van der Waals surface area contributed by atoms with Crippen LogP contribution in [0.3, 0.4) is 0 Å². The zero-order chi connectivity index (χ0) is 11.7. The van der Waals surface area contributed by atoms with Gasteiger partial charge in [-0.05, 0) is 29.8 Å². The van der Waals surface area contributed by atoms with E-state index < -0.39 is 0 Å². The van der Waals surface area contributed by atoms with Gasteiger partial charge in [0.15, 0.2) is 0 Å². The van der Waals surface area contributed by atoms with Gasteiger partial charge >= 0.3 is 0 Å². The van der Waals surface area contributed by atoms with Crippen LogP contribution in [0.5, 0.6) is 0 Å². The highest BCUT2D eigenvalue weighted by molar-refractivity contribution is 6.35. The predicted octanol–water partition coefficient (Wildman–Crippen LogP) is 4.00. The highest BCUT2D eigenvalue weighted by Gasteiger charge is 2.06. The van der Waals surface area contributed by atoms with E-state index in [0.717, 1.165) is 5.56 Å². The second-order valence-electron chi connectivity index (χ2n) is 3.21. The normalized spacial score (nSPS) is 10.4. The lowest BCUT2D eigenvalue weighted by molar-refractivity contribution is 1.24. The second kappa shape index (κ2) is 4.50. The van der Waals surface area contributed by atoms with Crippen molar-refractivity contribution in [2.24, 2.45) is 0 Å². The topological polar surface area (TPSA) is 32.9 Å². The van der Waals surface area contributed by atoms with E-state index in [1.807, 2.05) is 0 Å². The molecule has 0 amide bonds. The Labute approximate surface area is 107 Å². The number of aromatic nitrogens is 1. The van der Waals surface area contributed by atoms with E-state index in [1.165, 1.54) is 6.07 Å². The largest absolute Gasteiger partial charge is 0.312 e. The van der Waals surface area contributed by atoms with Gasteiger partial charge in [-0.15, -0.1) is 0 Å². The summed E-state index contributed by atoms with van der Waals surface area (Å²) in [5, 5.41) is 1.31. The maximum absolute atomic E-state index is 11.0. The first kappa shape index (κ1) is 11.5. The van der Waals surface area contributed by atoms with Crippen LogP contribution in [0, 0.1) is 0 Å². The number of H-pyrrole nitrogens is 1. The zero-order valence-corrected chi connectivity index (χ0v) is 10.2. The molecule has 16 heavy (non-hydrogen) atoms. The summed E-state index contributed by atoms with van der Waals surface area (Å²) in [6, 6.07) is 8.12. The van der Waals surface area contributed by atoms with Crippen LogP contribution in [0.15, 0.2) is 35.1 Å². The van der Waals surface area contributed by atoms with Crippen molar-refractivity contribution in [3.63, 3.8) is 0 Å². The molecule has 0 aliphatic carbocycles. The maximum Gasteiger partial charge on any atom is 0.249 e. The third kappa shape index (κ3) is 2.40. The Hall–Kier alpha value is -0.960. The summed E-state index contributed by atoms with van der Waals surface area (Å²) in [6.45, 7) is 0. The van der Waals surface area contributed by atoms with Gasteiger partial charge in [0.2, 0.25) is 5.56 Å². The van der Waals surface area contributed by atoms with Crippen molar-refractivity contribution in [3.8, 4) is 11.1 Å². The molecule has 5 heteroatoms. The molecular weight excluding hydrogens is 268 g/mol. The molecule has 0 atom stereocenters. The van der Waals surface area contributed by atoms with Gasteiger partial charge in [-0.2, -0.15) is 0 Å². The molecule has 1 heterocycles. The van der Waals surface area contributed by atoms with Crippen molar-refractivity contribution in [3.05, 3.63) is 55.9 Å². The molecule has 2 rings (SSSR count). The van der Waals surface area contributed by atoms with Crippen LogP contribution in [0.2, 0.25) is 15.2 Å². The van der Waals surface area contributed by atoms with E-state index in [-0.39, 0.29) is 10.7 Å². The fourth-order valence-corrected chi connectivity index (χ4v) is 2.17. The molecule has 0 aliphatic rings. The standard InChI is InChI=1S/C11H6Cl3NO/c12-7-3-6(4-8(13)5-7)9-1-2-10(16)15-11(9)14/h1-5H,(H,15,16). The average Bonchev–Trinajstić information content (AvgIpc) is 2.15. The highest BCUT2D eigenvalue weighted by Crippen LogP contribution is 2.30. The molecule has 2 aromatic rings. The van der Waals surface area contributed by atoms with Crippen LogP contribution in [-0.4, -0.2) is 4.98 Å². The van der Waals surface area contributed by atoms with Crippen molar-refractivity contribution >= 4 is 34.8 Å². The van der Waals surface area contributed by atoms with Gasteiger partial charge in [0, 0.05) is 21.7 Å². The van der Waals surface area contributed by atoms with Gasteiger partial charge in [-0.1, -0.05) is 34.8 Å². The van der Waals surface area contributed by atoms with Gasteiger partial charge in [0.25, 0.3) is 0 Å². The zero-order valence-electron chi connectivity index (χ0n) is 7.93. The lowest BCUT2D eigenvalue weighted by Crippen LogP contribution is -2.03. The summed E-state index contributed by atoms with van der Waals surface area (Å²) < 4.78 is 0. The number of rotatable bonds is 1. The minimum Gasteiger partial charge on any atom is -0.312 e. The number of aromatic amines is 1. The number of pyridine rings is 1. The summed E-state index contributed by atoms with van der Waals surface area (Å²) in [5.74, 6) is 0. The Kier molecular flexibility index (Phi) is 3.24. The molecule has 0 aliphatic heterocycles. The summed E-state index contributed by atoms with van der Waals surface area (Å²) in [6.07, 6.45) is 0. The number of hydrogen-bond donors (Lipinski definition) is 1. The molecular formula is C11H6Cl3NO. The summed E-state index contributed by atoms with van der Waals surface area (Å²) in [7, 11) is 0. The maximum atomic E-state index is 11.0. The smallest absolute Gasteiger partial charge is 0.249 e. The van der Waals surface area contributed by atoms with E-state index in [4.69, 9.17) is 34.8 Å². The van der Waals surface area contributed by atoms with Gasteiger partial charge in [0.05, 0.1) is 0 Å². The van der Waals surface area contributed by atoms with Crippen molar-refractivity contribution in [2.45, 2.75) is 0 Å². The first-order valence-electron chi connectivity index (χ1n) is 4.41. The summed E-state index contributed by atoms with van der Waals surface area (Å²) in [5.41, 5.74) is 1.20.